The van der Waals surface area contributed by atoms with E-state index in [1.54, 1.807) is 0 Å². The standard InChI is InChI=1S/C56H40F16N4O14/c57-33-29(34(58)42(66)53(41(33)65)87-11-15(81)7-77)25-19-1-2-20(73-19)26(30-35(59)43(67)54(44(68)36(30)60)88-12-16(82)8-78)22-4-6-24(75-22)28(32-39(63)47(71)56(48(72)40(32)64)90-14-18(84)10-80)50-52(86)51(85)49(76-50)27(23-5-3-21(25)74-23)31-37(61)45(69)55(46(70)38(31)62)89-13-17(83)9-79/h1-6,15-18,51-52,74-75,77-86H,7-14H2/t15?,16?,17?,18?,51-,52-/m1/s1. The van der Waals surface area contributed by atoms with E-state index < -0.39 is 295 Å². The van der Waals surface area contributed by atoms with E-state index in [1.807, 2.05) is 0 Å². The lowest BCUT2D eigenvalue weighted by Gasteiger charge is -2.17. The zero-order chi connectivity index (χ0) is 65.8. The van der Waals surface area contributed by atoms with Gasteiger partial charge in [0.25, 0.3) is 0 Å². The number of benzene rings is 4. The van der Waals surface area contributed by atoms with Gasteiger partial charge in [0, 0.05) is 44.3 Å². The highest BCUT2D eigenvalue weighted by Crippen LogP contribution is 2.50. The molecule has 0 saturated carbocycles. The first-order chi connectivity index (χ1) is 42.6. The number of nitrogens with one attached hydrogen (secondary N) is 2. The van der Waals surface area contributed by atoms with Gasteiger partial charge in [-0.05, 0) is 36.4 Å². The van der Waals surface area contributed by atoms with Crippen LogP contribution in [0.1, 0.15) is 35.0 Å². The summed E-state index contributed by atoms with van der Waals surface area (Å²) >= 11 is 0. The average Bonchev–Trinajstić information content (AvgIpc) is 1.46. The molecular formula is C56H40F16N4O14. The van der Waals surface area contributed by atoms with E-state index in [4.69, 9.17) is 9.47 Å². The number of aliphatic hydroxyl groups excluding tert-OH is 10. The molecular weight excluding hydrogens is 1260 g/mol. The van der Waals surface area contributed by atoms with Gasteiger partial charge in [-0.15, -0.1) is 0 Å². The summed E-state index contributed by atoms with van der Waals surface area (Å²) in [6.07, 6.45) is -12.6. The van der Waals surface area contributed by atoms with Crippen LogP contribution in [0.25, 0.3) is 78.7 Å². The molecule has 4 aromatic carbocycles. The molecule has 0 fully saturated rings. The summed E-state index contributed by atoms with van der Waals surface area (Å²) in [5.41, 5.74) is -23.2. The highest BCUT2D eigenvalue weighted by atomic mass is 19.2. The number of aromatic nitrogens is 4. The third kappa shape index (κ3) is 11.5. The summed E-state index contributed by atoms with van der Waals surface area (Å²) in [7, 11) is 0. The van der Waals surface area contributed by atoms with E-state index in [0.717, 1.165) is 0 Å². The second kappa shape index (κ2) is 26.1. The molecule has 0 saturated heterocycles. The largest absolute Gasteiger partial charge is 0.485 e. The van der Waals surface area contributed by atoms with Gasteiger partial charge < -0.3 is 80.0 Å². The lowest BCUT2D eigenvalue weighted by molar-refractivity contribution is 0.0259. The molecule has 0 aliphatic carbocycles. The van der Waals surface area contributed by atoms with Crippen LogP contribution in [-0.2, 0) is 0 Å². The Hall–Kier alpha value is -8.58. The molecule has 2 aliphatic heterocycles. The second-order valence-electron chi connectivity index (χ2n) is 19.5. The summed E-state index contributed by atoms with van der Waals surface area (Å²) in [6.45, 7) is -9.56. The Kier molecular flexibility index (Phi) is 19.1. The lowest BCUT2D eigenvalue weighted by atomic mass is 9.96. The van der Waals surface area contributed by atoms with Crippen molar-refractivity contribution in [3.63, 3.8) is 0 Å². The van der Waals surface area contributed by atoms with Gasteiger partial charge in [0.2, 0.25) is 46.5 Å². The molecule has 4 unspecified atom stereocenters. The zero-order valence-electron chi connectivity index (χ0n) is 44.6. The highest BCUT2D eigenvalue weighted by Gasteiger charge is 2.41. The number of aliphatic hydroxyl groups is 10. The summed E-state index contributed by atoms with van der Waals surface area (Å²) in [4.78, 5) is 12.5. The monoisotopic (exact) mass is 1300 g/mol. The van der Waals surface area contributed by atoms with Crippen molar-refractivity contribution in [1.29, 1.82) is 0 Å². The third-order valence-electron chi connectivity index (χ3n) is 13.6. The number of fused-ring (bicyclic) bond motifs is 8. The first-order valence-corrected chi connectivity index (χ1v) is 25.6. The van der Waals surface area contributed by atoms with Gasteiger partial charge in [0.1, 0.15) is 63.1 Å². The maximum atomic E-state index is 16.9. The normalized spacial score (nSPS) is 15.4. The van der Waals surface area contributed by atoms with Crippen molar-refractivity contribution in [1.82, 2.24) is 19.9 Å². The van der Waals surface area contributed by atoms with Gasteiger partial charge in [0.05, 0.1) is 71.5 Å². The fourth-order valence-electron chi connectivity index (χ4n) is 9.35. The Labute approximate surface area is 490 Å². The number of H-pyrrole nitrogens is 2. The summed E-state index contributed by atoms with van der Waals surface area (Å²) in [6, 6.07) is 2.22. The Morgan fingerprint density at radius 2 is 0.533 bits per heavy atom. The number of hydrogen-bond acceptors (Lipinski definition) is 16. The van der Waals surface area contributed by atoms with Gasteiger partial charge in [-0.3, -0.25) is 4.98 Å². The third-order valence-corrected chi connectivity index (χ3v) is 13.6. The van der Waals surface area contributed by atoms with Crippen molar-refractivity contribution < 1.29 is 140 Å². The van der Waals surface area contributed by atoms with Crippen molar-refractivity contribution in [3.8, 4) is 67.5 Å². The lowest BCUT2D eigenvalue weighted by Crippen LogP contribution is -2.22. The van der Waals surface area contributed by atoms with E-state index in [2.05, 4.69) is 29.4 Å². The van der Waals surface area contributed by atoms with Crippen molar-refractivity contribution in [2.24, 2.45) is 0 Å². The number of hydrogen-bond donors (Lipinski definition) is 12. The van der Waals surface area contributed by atoms with Crippen LogP contribution in [0, 0.1) is 93.1 Å². The molecule has 90 heavy (non-hydrogen) atoms. The molecule has 7 aromatic rings. The second-order valence-corrected chi connectivity index (χ2v) is 19.5. The molecule has 34 heteroatoms. The van der Waals surface area contributed by atoms with Crippen LogP contribution in [0.4, 0.5) is 70.2 Å². The van der Waals surface area contributed by atoms with Crippen LogP contribution in [0.5, 0.6) is 23.0 Å². The van der Waals surface area contributed by atoms with E-state index in [-0.39, 0.29) is 0 Å². The Morgan fingerprint density at radius 1 is 0.322 bits per heavy atom. The first kappa shape index (κ1) is 65.9. The van der Waals surface area contributed by atoms with Gasteiger partial charge in [0.15, 0.2) is 69.5 Å². The molecule has 0 radical (unpaired) electrons. The van der Waals surface area contributed by atoms with Gasteiger partial charge in [-0.25, -0.2) is 40.1 Å². The van der Waals surface area contributed by atoms with Crippen molar-refractivity contribution >= 4 is 34.2 Å². The topological polar surface area (TPSA) is 297 Å². The number of nitrogens with zero attached hydrogens (tertiary/aromatic N) is 2. The number of ether oxygens (including phenoxy) is 4. The minimum absolute atomic E-state index is 0.536. The van der Waals surface area contributed by atoms with Crippen molar-refractivity contribution in [2.45, 2.75) is 36.6 Å². The van der Waals surface area contributed by atoms with Crippen molar-refractivity contribution in [2.75, 3.05) is 52.9 Å². The maximum absolute atomic E-state index is 16.9. The van der Waals surface area contributed by atoms with Gasteiger partial charge in [-0.1, -0.05) is 0 Å². The van der Waals surface area contributed by atoms with Crippen LogP contribution in [0.3, 0.4) is 0 Å². The fourth-order valence-corrected chi connectivity index (χ4v) is 9.35. The van der Waals surface area contributed by atoms with Crippen LogP contribution in [0.15, 0.2) is 24.3 Å². The highest BCUT2D eigenvalue weighted by molar-refractivity contribution is 5.98. The van der Waals surface area contributed by atoms with Crippen LogP contribution >= 0.6 is 0 Å². The van der Waals surface area contributed by atoms with E-state index in [9.17, 15) is 51.1 Å². The van der Waals surface area contributed by atoms with Crippen molar-refractivity contribution in [3.05, 3.63) is 140 Å². The van der Waals surface area contributed by atoms with E-state index in [1.165, 1.54) is 0 Å². The minimum Gasteiger partial charge on any atom is -0.485 e. The van der Waals surface area contributed by atoms with Crippen LogP contribution in [-0.4, -0.2) is 148 Å². The SMILES string of the molecule is OCC(O)COc1c(F)c(F)c(-c2c3nc(c(-c4c(F)c(F)c(OCC(O)CO)c(F)c4F)c4ccc([nH]4)c(-c4c(F)c(F)c(OCC(O)CO)c(F)c4F)c4nc(c(-c5c(F)c(F)c(OCC(O)CO)c(F)c5F)c5ccc2[nH]5)[C@@H](O)[C@@H]4O)C=C3)c(F)c1F. The number of halogens is 16. The van der Waals surface area contributed by atoms with Crippen LogP contribution in [0.2, 0.25) is 0 Å². The quantitative estimate of drug-likeness (QED) is 0.0268. The molecule has 18 nitrogen and oxygen atoms in total. The zero-order valence-corrected chi connectivity index (χ0v) is 44.6. The summed E-state index contributed by atoms with van der Waals surface area (Å²) in [5.74, 6) is -47.5. The predicted octanol–water partition coefficient (Wildman–Crippen LogP) is 7.07. The van der Waals surface area contributed by atoms with Gasteiger partial charge >= 0.3 is 0 Å². The molecule has 2 aliphatic rings. The molecule has 480 valence electrons. The fraction of sp³-hybridized carbons (Fsp3) is 0.250. The van der Waals surface area contributed by atoms with Gasteiger partial charge in [-0.2, -0.15) is 35.1 Å². The molecule has 0 spiro atoms. The summed E-state index contributed by atoms with van der Waals surface area (Å²) in [5, 5.41) is 100.0. The Morgan fingerprint density at radius 3 is 0.756 bits per heavy atom. The van der Waals surface area contributed by atoms with Crippen LogP contribution < -0.4 is 18.9 Å². The van der Waals surface area contributed by atoms with E-state index >= 15 is 70.2 Å². The molecule has 12 N–H and O–H groups in total. The molecule has 5 heterocycles. The molecule has 0 amide bonds. The smallest absolute Gasteiger partial charge is 0.204 e. The molecule has 6 atom stereocenters. The molecule has 8 bridgehead atoms. The molecule has 9 rings (SSSR count). The maximum Gasteiger partial charge on any atom is 0.204 e. The molecule has 3 aromatic heterocycles. The Bertz CT molecular complexity index is 3860. The average molecular weight is 1300 g/mol. The number of aromatic amines is 2. The number of rotatable bonds is 20. The Balaban J connectivity index is 1.54. The minimum atomic E-state index is -3.02. The predicted molar refractivity (Wildman–Crippen MR) is 275 cm³/mol. The first-order valence-electron chi connectivity index (χ1n) is 25.6. The van der Waals surface area contributed by atoms with E-state index in [0.29, 0.717) is 36.4 Å². The summed E-state index contributed by atoms with van der Waals surface area (Å²) < 4.78 is 283.